The number of benzene rings is 2. The van der Waals surface area contributed by atoms with Crippen LogP contribution in [0.1, 0.15) is 37.7 Å². The van der Waals surface area contributed by atoms with Crippen LogP contribution in [-0.4, -0.2) is 9.91 Å². The average molecular weight is 282 g/mol. The fourth-order valence-electron chi connectivity index (χ4n) is 3.25. The summed E-state index contributed by atoms with van der Waals surface area (Å²) in [5, 5.41) is 8.41. The first-order valence-corrected chi connectivity index (χ1v) is 8.20. The zero-order valence-corrected chi connectivity index (χ0v) is 12.2. The molecular weight excluding hydrogens is 264 g/mol. The summed E-state index contributed by atoms with van der Waals surface area (Å²) in [5.74, 6) is 0. The van der Waals surface area contributed by atoms with Gasteiger partial charge in [-0.05, 0) is 23.6 Å². The highest BCUT2D eigenvalue weighted by Crippen LogP contribution is 2.43. The first-order valence-electron chi connectivity index (χ1n) is 7.38. The summed E-state index contributed by atoms with van der Waals surface area (Å²) in [4.78, 5) is 0.171. The molecule has 1 spiro atoms. The van der Waals surface area contributed by atoms with Crippen molar-refractivity contribution in [3.63, 3.8) is 0 Å². The lowest BCUT2D eigenvalue weighted by Crippen LogP contribution is -2.37. The molecule has 1 saturated carbocycles. The molecule has 102 valence electrons. The van der Waals surface area contributed by atoms with Crippen molar-refractivity contribution in [2.45, 2.75) is 37.0 Å². The second-order valence-electron chi connectivity index (χ2n) is 5.71. The third-order valence-electron chi connectivity index (χ3n) is 4.33. The van der Waals surface area contributed by atoms with Gasteiger partial charge in [0.1, 0.15) is 9.91 Å². The minimum Gasteiger partial charge on any atom is -0.292 e. The van der Waals surface area contributed by atoms with Crippen LogP contribution < -0.4 is 5.43 Å². The summed E-state index contributed by atoms with van der Waals surface area (Å²) in [7, 11) is 0. The van der Waals surface area contributed by atoms with E-state index in [4.69, 9.17) is 0 Å². The van der Waals surface area contributed by atoms with Gasteiger partial charge in [-0.3, -0.25) is 5.43 Å². The van der Waals surface area contributed by atoms with E-state index in [2.05, 4.69) is 53.0 Å². The Balaban J connectivity index is 1.71. The number of rotatable bonds is 1. The summed E-state index contributed by atoms with van der Waals surface area (Å²) < 4.78 is 0. The van der Waals surface area contributed by atoms with Gasteiger partial charge in [-0.2, -0.15) is 5.10 Å². The molecule has 1 fully saturated rings. The minimum atomic E-state index is 0.171. The SMILES string of the molecule is c1ccc2c(C3=NNC4(CCCCC4)S3)cccc2c1. The highest BCUT2D eigenvalue weighted by atomic mass is 32.2. The summed E-state index contributed by atoms with van der Waals surface area (Å²) in [6, 6.07) is 15.1. The van der Waals surface area contributed by atoms with Crippen molar-refractivity contribution in [1.29, 1.82) is 0 Å². The number of nitrogens with zero attached hydrogens (tertiary/aromatic N) is 1. The number of hydrazone groups is 1. The van der Waals surface area contributed by atoms with Crippen LogP contribution in [0.25, 0.3) is 10.8 Å². The normalized spacial score (nSPS) is 20.9. The lowest BCUT2D eigenvalue weighted by Gasteiger charge is -2.31. The van der Waals surface area contributed by atoms with Crippen LogP contribution in [0.2, 0.25) is 0 Å². The molecule has 0 unspecified atom stereocenters. The largest absolute Gasteiger partial charge is 0.292 e. The van der Waals surface area contributed by atoms with Gasteiger partial charge in [0.05, 0.1) is 0 Å². The lowest BCUT2D eigenvalue weighted by molar-refractivity contribution is 0.351. The molecule has 4 rings (SSSR count). The second kappa shape index (κ2) is 4.81. The summed E-state index contributed by atoms with van der Waals surface area (Å²) in [5.41, 5.74) is 4.70. The van der Waals surface area contributed by atoms with E-state index in [9.17, 15) is 0 Å². The molecule has 2 aromatic carbocycles. The van der Waals surface area contributed by atoms with E-state index in [0.29, 0.717) is 0 Å². The summed E-state index contributed by atoms with van der Waals surface area (Å²) in [6.45, 7) is 0. The molecule has 0 radical (unpaired) electrons. The molecule has 2 aromatic rings. The molecule has 0 aromatic heterocycles. The molecule has 1 heterocycles. The smallest absolute Gasteiger partial charge is 0.126 e. The van der Waals surface area contributed by atoms with Gasteiger partial charge in [0, 0.05) is 5.56 Å². The van der Waals surface area contributed by atoms with Gasteiger partial charge in [0.15, 0.2) is 0 Å². The molecule has 20 heavy (non-hydrogen) atoms. The predicted molar refractivity (Wildman–Crippen MR) is 87.0 cm³/mol. The fraction of sp³-hybridized carbons (Fsp3) is 0.353. The molecule has 2 nitrogen and oxygen atoms in total. The van der Waals surface area contributed by atoms with E-state index in [1.165, 1.54) is 48.4 Å². The van der Waals surface area contributed by atoms with E-state index >= 15 is 0 Å². The fourth-order valence-corrected chi connectivity index (χ4v) is 4.58. The van der Waals surface area contributed by atoms with Gasteiger partial charge in [-0.25, -0.2) is 0 Å². The standard InChI is InChI=1S/C17H18N2S/c1-4-11-17(12-5-1)19-18-16(20-17)15-10-6-8-13-7-2-3-9-14(13)15/h2-3,6-10,19H,1,4-5,11-12H2. The van der Waals surface area contributed by atoms with E-state index in [-0.39, 0.29) is 4.87 Å². The molecule has 0 amide bonds. The lowest BCUT2D eigenvalue weighted by atomic mass is 9.95. The maximum absolute atomic E-state index is 4.66. The predicted octanol–water partition coefficient (Wildman–Crippen LogP) is 4.50. The number of hydrogen-bond donors (Lipinski definition) is 1. The molecular formula is C17H18N2S. The number of fused-ring (bicyclic) bond motifs is 1. The molecule has 1 N–H and O–H groups in total. The molecule has 2 aliphatic rings. The number of hydrogen-bond acceptors (Lipinski definition) is 3. The number of nitrogens with one attached hydrogen (secondary N) is 1. The zero-order valence-electron chi connectivity index (χ0n) is 11.4. The summed E-state index contributed by atoms with van der Waals surface area (Å²) in [6.07, 6.45) is 6.47. The topological polar surface area (TPSA) is 24.4 Å². The van der Waals surface area contributed by atoms with Crippen LogP contribution in [0, 0.1) is 0 Å². The third-order valence-corrected chi connectivity index (χ3v) is 5.73. The molecule has 3 heteroatoms. The Morgan fingerprint density at radius 3 is 2.65 bits per heavy atom. The summed E-state index contributed by atoms with van der Waals surface area (Å²) >= 11 is 1.94. The van der Waals surface area contributed by atoms with Crippen molar-refractivity contribution in [1.82, 2.24) is 5.43 Å². The van der Waals surface area contributed by atoms with E-state index in [1.807, 2.05) is 11.8 Å². The van der Waals surface area contributed by atoms with Gasteiger partial charge < -0.3 is 0 Å². The second-order valence-corrected chi connectivity index (χ2v) is 7.08. The van der Waals surface area contributed by atoms with Crippen LogP contribution >= 0.6 is 11.8 Å². The zero-order chi connectivity index (χ0) is 13.4. The van der Waals surface area contributed by atoms with Gasteiger partial charge in [-0.15, -0.1) is 0 Å². The van der Waals surface area contributed by atoms with Gasteiger partial charge in [-0.1, -0.05) is 73.5 Å². The Morgan fingerprint density at radius 1 is 0.950 bits per heavy atom. The highest BCUT2D eigenvalue weighted by molar-refractivity contribution is 8.15. The van der Waals surface area contributed by atoms with E-state index in [1.54, 1.807) is 0 Å². The maximum Gasteiger partial charge on any atom is 0.126 e. The van der Waals surface area contributed by atoms with E-state index in [0.717, 1.165) is 5.04 Å². The number of thioether (sulfide) groups is 1. The Morgan fingerprint density at radius 2 is 1.75 bits per heavy atom. The first-order chi connectivity index (χ1) is 9.86. The highest BCUT2D eigenvalue weighted by Gasteiger charge is 2.38. The van der Waals surface area contributed by atoms with Crippen molar-refractivity contribution in [2.75, 3.05) is 0 Å². The van der Waals surface area contributed by atoms with Crippen LogP contribution in [0.5, 0.6) is 0 Å². The van der Waals surface area contributed by atoms with Crippen molar-refractivity contribution < 1.29 is 0 Å². The Kier molecular flexibility index (Phi) is 2.95. The average Bonchev–Trinajstić information content (AvgIpc) is 2.91. The molecule has 0 bridgehead atoms. The van der Waals surface area contributed by atoms with Gasteiger partial charge in [0.2, 0.25) is 0 Å². The third kappa shape index (κ3) is 2.01. The molecule has 0 atom stereocenters. The molecule has 1 aliphatic heterocycles. The van der Waals surface area contributed by atoms with Crippen LogP contribution in [0.15, 0.2) is 47.6 Å². The Hall–Kier alpha value is -1.48. The monoisotopic (exact) mass is 282 g/mol. The molecule has 1 aliphatic carbocycles. The Labute approximate surface area is 123 Å². The van der Waals surface area contributed by atoms with Gasteiger partial charge >= 0.3 is 0 Å². The van der Waals surface area contributed by atoms with Gasteiger partial charge in [0.25, 0.3) is 0 Å². The van der Waals surface area contributed by atoms with Crippen LogP contribution in [0.3, 0.4) is 0 Å². The maximum atomic E-state index is 4.66. The van der Waals surface area contributed by atoms with Crippen molar-refractivity contribution >= 4 is 27.6 Å². The van der Waals surface area contributed by atoms with Crippen molar-refractivity contribution in [3.8, 4) is 0 Å². The van der Waals surface area contributed by atoms with Crippen LogP contribution in [0.4, 0.5) is 0 Å². The van der Waals surface area contributed by atoms with E-state index < -0.39 is 0 Å². The quantitative estimate of drug-likeness (QED) is 0.833. The van der Waals surface area contributed by atoms with Crippen molar-refractivity contribution in [3.05, 3.63) is 48.0 Å². The Bertz CT molecular complexity index is 666. The minimum absolute atomic E-state index is 0.171. The molecule has 0 saturated heterocycles. The first kappa shape index (κ1) is 12.3. The van der Waals surface area contributed by atoms with Crippen LogP contribution in [-0.2, 0) is 0 Å². The van der Waals surface area contributed by atoms with Crippen molar-refractivity contribution in [2.24, 2.45) is 5.10 Å².